The van der Waals surface area contributed by atoms with Crippen LogP contribution in [0.5, 0.6) is 5.75 Å². The Morgan fingerprint density at radius 3 is 2.64 bits per heavy atom. The van der Waals surface area contributed by atoms with Crippen LogP contribution >= 0.6 is 0 Å². The van der Waals surface area contributed by atoms with E-state index in [1.165, 1.54) is 6.07 Å². The minimum Gasteiger partial charge on any atom is -0.496 e. The minimum absolute atomic E-state index is 0.185. The Morgan fingerprint density at radius 2 is 2.00 bits per heavy atom. The van der Waals surface area contributed by atoms with Gasteiger partial charge in [-0.05, 0) is 42.3 Å². The predicted octanol–water partition coefficient (Wildman–Crippen LogP) is 3.95. The fraction of sp³-hybridized carbons (Fsp3) is 0.118. The molecular formula is C17H15F2NO2. The monoisotopic (exact) mass is 303 g/mol. The highest BCUT2D eigenvalue weighted by molar-refractivity contribution is 6.04. The van der Waals surface area contributed by atoms with Crippen molar-refractivity contribution in [3.8, 4) is 5.75 Å². The van der Waals surface area contributed by atoms with Crippen molar-refractivity contribution in [3.63, 3.8) is 0 Å². The lowest BCUT2D eigenvalue weighted by molar-refractivity contribution is 0.102. The number of carbonyl (C=O) groups is 1. The first-order chi connectivity index (χ1) is 10.5. The van der Waals surface area contributed by atoms with Crippen LogP contribution in [-0.4, -0.2) is 13.0 Å². The van der Waals surface area contributed by atoms with E-state index in [1.54, 1.807) is 31.4 Å². The van der Waals surface area contributed by atoms with Gasteiger partial charge < -0.3 is 10.1 Å². The summed E-state index contributed by atoms with van der Waals surface area (Å²) in [5, 5.41) is 2.52. The van der Waals surface area contributed by atoms with Crippen LogP contribution in [0.15, 0.2) is 49.1 Å². The summed E-state index contributed by atoms with van der Waals surface area (Å²) in [5.74, 6) is -1.74. The van der Waals surface area contributed by atoms with Gasteiger partial charge in [0.25, 0.3) is 5.91 Å². The number of hydrogen-bond acceptors (Lipinski definition) is 2. The standard InChI is InChI=1S/C17H15F2NO2/c1-3-4-11-9-12(5-8-16(11)22-2)17(21)20-13-6-7-14(18)15(19)10-13/h3,5-10H,1,4H2,2H3,(H,20,21). The zero-order valence-electron chi connectivity index (χ0n) is 12.0. The average Bonchev–Trinajstić information content (AvgIpc) is 2.51. The second kappa shape index (κ2) is 6.85. The molecule has 1 amide bonds. The largest absolute Gasteiger partial charge is 0.496 e. The van der Waals surface area contributed by atoms with E-state index in [2.05, 4.69) is 11.9 Å². The van der Waals surface area contributed by atoms with Crippen molar-refractivity contribution in [3.05, 3.63) is 71.8 Å². The Kier molecular flexibility index (Phi) is 4.88. The number of carbonyl (C=O) groups excluding carboxylic acids is 1. The predicted molar refractivity (Wildman–Crippen MR) is 81.2 cm³/mol. The molecule has 0 saturated carbocycles. The zero-order chi connectivity index (χ0) is 16.1. The third-order valence-corrected chi connectivity index (χ3v) is 3.08. The summed E-state index contributed by atoms with van der Waals surface area (Å²) in [6.07, 6.45) is 2.25. The summed E-state index contributed by atoms with van der Waals surface area (Å²) >= 11 is 0. The summed E-state index contributed by atoms with van der Waals surface area (Å²) < 4.78 is 31.2. The molecule has 3 nitrogen and oxygen atoms in total. The van der Waals surface area contributed by atoms with Crippen LogP contribution in [0.25, 0.3) is 0 Å². The highest BCUT2D eigenvalue weighted by Crippen LogP contribution is 2.22. The van der Waals surface area contributed by atoms with Gasteiger partial charge in [-0.3, -0.25) is 4.79 Å². The number of nitrogens with one attached hydrogen (secondary N) is 1. The molecular weight excluding hydrogens is 288 g/mol. The molecule has 2 rings (SSSR count). The Balaban J connectivity index is 2.23. The fourth-order valence-electron chi connectivity index (χ4n) is 2.01. The molecule has 5 heteroatoms. The van der Waals surface area contributed by atoms with Crippen LogP contribution in [0.2, 0.25) is 0 Å². The maximum atomic E-state index is 13.1. The van der Waals surface area contributed by atoms with E-state index < -0.39 is 17.5 Å². The Bertz CT molecular complexity index is 714. The zero-order valence-corrected chi connectivity index (χ0v) is 12.0. The van der Waals surface area contributed by atoms with Gasteiger partial charge in [-0.1, -0.05) is 6.08 Å². The molecule has 0 bridgehead atoms. The SMILES string of the molecule is C=CCc1cc(C(=O)Nc2ccc(F)c(F)c2)ccc1OC. The van der Waals surface area contributed by atoms with Crippen LogP contribution in [-0.2, 0) is 6.42 Å². The fourth-order valence-corrected chi connectivity index (χ4v) is 2.01. The first-order valence-corrected chi connectivity index (χ1v) is 6.59. The molecule has 0 atom stereocenters. The van der Waals surface area contributed by atoms with Gasteiger partial charge in [0.1, 0.15) is 5.75 Å². The maximum absolute atomic E-state index is 13.1. The molecule has 0 aliphatic heterocycles. The van der Waals surface area contributed by atoms with Gasteiger partial charge in [0.2, 0.25) is 0 Å². The summed E-state index contributed by atoms with van der Waals surface area (Å²) in [4.78, 5) is 12.2. The third kappa shape index (κ3) is 3.49. The van der Waals surface area contributed by atoms with Gasteiger partial charge in [-0.2, -0.15) is 0 Å². The van der Waals surface area contributed by atoms with Crippen LogP contribution < -0.4 is 10.1 Å². The molecule has 1 N–H and O–H groups in total. The van der Waals surface area contributed by atoms with Gasteiger partial charge in [0.05, 0.1) is 7.11 Å². The van der Waals surface area contributed by atoms with Crippen molar-refractivity contribution in [2.24, 2.45) is 0 Å². The van der Waals surface area contributed by atoms with E-state index in [-0.39, 0.29) is 5.69 Å². The molecule has 0 fully saturated rings. The number of methoxy groups -OCH3 is 1. The molecule has 0 spiro atoms. The van der Waals surface area contributed by atoms with E-state index in [0.717, 1.165) is 17.7 Å². The van der Waals surface area contributed by atoms with Gasteiger partial charge in [0.15, 0.2) is 11.6 Å². The average molecular weight is 303 g/mol. The Hall–Kier alpha value is -2.69. The molecule has 0 unspecified atom stereocenters. The number of hydrogen-bond donors (Lipinski definition) is 1. The van der Waals surface area contributed by atoms with Gasteiger partial charge in [-0.15, -0.1) is 6.58 Å². The lowest BCUT2D eigenvalue weighted by Crippen LogP contribution is -2.12. The Labute approximate surface area is 127 Å². The third-order valence-electron chi connectivity index (χ3n) is 3.08. The smallest absolute Gasteiger partial charge is 0.255 e. The molecule has 0 saturated heterocycles. The van der Waals surface area contributed by atoms with Crippen LogP contribution in [0.3, 0.4) is 0 Å². The van der Waals surface area contributed by atoms with Crippen molar-refractivity contribution in [2.45, 2.75) is 6.42 Å². The highest BCUT2D eigenvalue weighted by atomic mass is 19.2. The van der Waals surface area contributed by atoms with Crippen LogP contribution in [0.4, 0.5) is 14.5 Å². The first-order valence-electron chi connectivity index (χ1n) is 6.59. The first kappa shape index (κ1) is 15.7. The molecule has 0 aliphatic rings. The van der Waals surface area contributed by atoms with Crippen molar-refractivity contribution in [1.29, 1.82) is 0 Å². The highest BCUT2D eigenvalue weighted by Gasteiger charge is 2.11. The molecule has 114 valence electrons. The van der Waals surface area contributed by atoms with E-state index >= 15 is 0 Å². The quantitative estimate of drug-likeness (QED) is 0.849. The van der Waals surface area contributed by atoms with E-state index in [4.69, 9.17) is 4.74 Å². The van der Waals surface area contributed by atoms with Gasteiger partial charge >= 0.3 is 0 Å². The number of ether oxygens (including phenoxy) is 1. The lowest BCUT2D eigenvalue weighted by Gasteiger charge is -2.10. The molecule has 22 heavy (non-hydrogen) atoms. The van der Waals surface area contributed by atoms with Gasteiger partial charge in [0, 0.05) is 17.3 Å². The van der Waals surface area contributed by atoms with Crippen molar-refractivity contribution < 1.29 is 18.3 Å². The summed E-state index contributed by atoms with van der Waals surface area (Å²) in [5.41, 5.74) is 1.39. The number of allylic oxidation sites excluding steroid dienone is 1. The molecule has 2 aromatic carbocycles. The number of rotatable bonds is 5. The van der Waals surface area contributed by atoms with E-state index in [1.807, 2.05) is 0 Å². The maximum Gasteiger partial charge on any atom is 0.255 e. The number of halogens is 2. The summed E-state index contributed by atoms with van der Waals surface area (Å²) in [7, 11) is 1.54. The molecule has 0 heterocycles. The van der Waals surface area contributed by atoms with Gasteiger partial charge in [-0.25, -0.2) is 8.78 Å². The lowest BCUT2D eigenvalue weighted by atomic mass is 10.1. The molecule has 0 aromatic heterocycles. The normalized spacial score (nSPS) is 10.1. The van der Waals surface area contributed by atoms with Crippen molar-refractivity contribution in [2.75, 3.05) is 12.4 Å². The van der Waals surface area contributed by atoms with Crippen LogP contribution in [0, 0.1) is 11.6 Å². The van der Waals surface area contributed by atoms with E-state index in [9.17, 15) is 13.6 Å². The summed E-state index contributed by atoms with van der Waals surface area (Å²) in [6.45, 7) is 3.66. The topological polar surface area (TPSA) is 38.3 Å². The Morgan fingerprint density at radius 1 is 1.23 bits per heavy atom. The number of anilines is 1. The number of benzene rings is 2. The molecule has 0 aliphatic carbocycles. The molecule has 2 aromatic rings. The summed E-state index contributed by atoms with van der Waals surface area (Å²) in [6, 6.07) is 8.14. The second-order valence-corrected chi connectivity index (χ2v) is 4.60. The van der Waals surface area contributed by atoms with Crippen molar-refractivity contribution in [1.82, 2.24) is 0 Å². The second-order valence-electron chi connectivity index (χ2n) is 4.60. The van der Waals surface area contributed by atoms with Crippen LogP contribution in [0.1, 0.15) is 15.9 Å². The number of amides is 1. The minimum atomic E-state index is -1.01. The molecule has 0 radical (unpaired) electrons. The van der Waals surface area contributed by atoms with Crippen molar-refractivity contribution >= 4 is 11.6 Å². The van der Waals surface area contributed by atoms with E-state index in [0.29, 0.717) is 17.7 Å².